The first-order chi connectivity index (χ1) is 9.19. The molecule has 1 fully saturated rings. The topological polar surface area (TPSA) is 55.1 Å². The number of benzene rings is 1. The summed E-state index contributed by atoms with van der Waals surface area (Å²) < 4.78 is 13.0. The fourth-order valence-corrected chi connectivity index (χ4v) is 2.87. The molecule has 1 aromatic carbocycles. The third-order valence-electron chi connectivity index (χ3n) is 3.96. The van der Waals surface area contributed by atoms with E-state index in [1.807, 2.05) is 0 Å². The number of carbonyl (C=O) groups excluding carboxylic acids is 1. The van der Waals surface area contributed by atoms with Gasteiger partial charge in [-0.1, -0.05) is 25.0 Å². The minimum absolute atomic E-state index is 0. The van der Waals surface area contributed by atoms with Crippen molar-refractivity contribution in [2.45, 2.75) is 37.5 Å². The molecule has 0 spiro atoms. The van der Waals surface area contributed by atoms with Gasteiger partial charge < -0.3 is 11.1 Å². The van der Waals surface area contributed by atoms with Gasteiger partial charge in [0.05, 0.1) is 5.41 Å². The summed E-state index contributed by atoms with van der Waals surface area (Å²) in [6, 6.07) is 6.34. The Labute approximate surface area is 125 Å². The van der Waals surface area contributed by atoms with Crippen molar-refractivity contribution in [1.29, 1.82) is 0 Å². The van der Waals surface area contributed by atoms with Crippen molar-refractivity contribution in [3.05, 3.63) is 35.6 Å². The van der Waals surface area contributed by atoms with Crippen molar-refractivity contribution >= 4 is 18.3 Å². The number of nitrogens with one attached hydrogen (secondary N) is 1. The minimum atomic E-state index is -0.470. The lowest BCUT2D eigenvalue weighted by Crippen LogP contribution is -2.43. The second-order valence-electron chi connectivity index (χ2n) is 5.19. The van der Waals surface area contributed by atoms with Crippen LogP contribution < -0.4 is 11.1 Å². The molecule has 20 heavy (non-hydrogen) atoms. The first kappa shape index (κ1) is 16.9. The van der Waals surface area contributed by atoms with Crippen molar-refractivity contribution in [3.63, 3.8) is 0 Å². The van der Waals surface area contributed by atoms with E-state index in [1.165, 1.54) is 12.1 Å². The van der Waals surface area contributed by atoms with Crippen LogP contribution in [0, 0.1) is 5.82 Å². The Kier molecular flexibility index (Phi) is 6.43. The number of hydrogen-bond donors (Lipinski definition) is 2. The molecule has 1 amide bonds. The third kappa shape index (κ3) is 3.49. The van der Waals surface area contributed by atoms with E-state index >= 15 is 0 Å². The standard InChI is InChI=1S/C15H21FN2O.ClH/c16-13-6-4-12(5-7-13)15(8-1-2-9-15)14(19)18-11-3-10-17;/h4-7H,1-3,8-11,17H2,(H,18,19);1H. The van der Waals surface area contributed by atoms with E-state index < -0.39 is 5.41 Å². The maximum absolute atomic E-state index is 13.0. The SMILES string of the molecule is Cl.NCCCNC(=O)C1(c2ccc(F)cc2)CCCC1. The Morgan fingerprint density at radius 3 is 2.40 bits per heavy atom. The molecule has 0 saturated heterocycles. The van der Waals surface area contributed by atoms with Crippen LogP contribution in [0.15, 0.2) is 24.3 Å². The van der Waals surface area contributed by atoms with Crippen molar-refractivity contribution in [2.75, 3.05) is 13.1 Å². The second kappa shape index (κ2) is 7.60. The molecule has 0 heterocycles. The number of amides is 1. The van der Waals surface area contributed by atoms with Gasteiger partial charge in [-0.15, -0.1) is 12.4 Å². The highest BCUT2D eigenvalue weighted by Crippen LogP contribution is 2.41. The molecule has 112 valence electrons. The Bertz CT molecular complexity index is 430. The molecule has 0 atom stereocenters. The molecular weight excluding hydrogens is 279 g/mol. The van der Waals surface area contributed by atoms with E-state index in [1.54, 1.807) is 12.1 Å². The van der Waals surface area contributed by atoms with Gasteiger partial charge in [-0.2, -0.15) is 0 Å². The molecule has 0 bridgehead atoms. The quantitative estimate of drug-likeness (QED) is 0.821. The van der Waals surface area contributed by atoms with Gasteiger partial charge in [0.2, 0.25) is 5.91 Å². The number of halogens is 2. The number of carbonyl (C=O) groups is 1. The van der Waals surface area contributed by atoms with Crippen LogP contribution in [0.2, 0.25) is 0 Å². The molecule has 0 radical (unpaired) electrons. The van der Waals surface area contributed by atoms with Gasteiger partial charge in [-0.3, -0.25) is 4.79 Å². The largest absolute Gasteiger partial charge is 0.355 e. The zero-order valence-electron chi connectivity index (χ0n) is 11.5. The summed E-state index contributed by atoms with van der Waals surface area (Å²) in [5.74, 6) is -0.203. The summed E-state index contributed by atoms with van der Waals surface area (Å²) in [5, 5.41) is 2.97. The first-order valence-corrected chi connectivity index (χ1v) is 6.93. The van der Waals surface area contributed by atoms with Gasteiger partial charge in [-0.05, 0) is 43.5 Å². The molecule has 0 unspecified atom stereocenters. The molecule has 1 aliphatic carbocycles. The minimum Gasteiger partial charge on any atom is -0.355 e. The van der Waals surface area contributed by atoms with Gasteiger partial charge in [0.25, 0.3) is 0 Å². The van der Waals surface area contributed by atoms with Crippen LogP contribution in [0.3, 0.4) is 0 Å². The summed E-state index contributed by atoms with van der Waals surface area (Å²) in [6.07, 6.45) is 4.55. The maximum atomic E-state index is 13.0. The van der Waals surface area contributed by atoms with Crippen LogP contribution >= 0.6 is 12.4 Å². The molecular formula is C15H22ClFN2O. The lowest BCUT2D eigenvalue weighted by atomic mass is 9.78. The summed E-state index contributed by atoms with van der Waals surface area (Å²) in [5.41, 5.74) is 5.89. The first-order valence-electron chi connectivity index (χ1n) is 6.93. The molecule has 3 N–H and O–H groups in total. The van der Waals surface area contributed by atoms with Crippen molar-refractivity contribution in [1.82, 2.24) is 5.32 Å². The summed E-state index contributed by atoms with van der Waals surface area (Å²) in [4.78, 5) is 12.5. The van der Waals surface area contributed by atoms with Crippen LogP contribution in [0.4, 0.5) is 4.39 Å². The Morgan fingerprint density at radius 1 is 1.25 bits per heavy atom. The zero-order valence-corrected chi connectivity index (χ0v) is 12.3. The number of rotatable bonds is 5. The molecule has 1 aliphatic rings. The van der Waals surface area contributed by atoms with E-state index in [-0.39, 0.29) is 24.1 Å². The number of hydrogen-bond acceptors (Lipinski definition) is 2. The highest BCUT2D eigenvalue weighted by Gasteiger charge is 2.42. The Hall–Kier alpha value is -1.13. The van der Waals surface area contributed by atoms with Crippen molar-refractivity contribution in [2.24, 2.45) is 5.73 Å². The molecule has 2 rings (SSSR count). The molecule has 0 aliphatic heterocycles. The van der Waals surface area contributed by atoms with Crippen molar-refractivity contribution < 1.29 is 9.18 Å². The lowest BCUT2D eigenvalue weighted by molar-refractivity contribution is -0.126. The van der Waals surface area contributed by atoms with E-state index in [4.69, 9.17) is 5.73 Å². The second-order valence-corrected chi connectivity index (χ2v) is 5.19. The Morgan fingerprint density at radius 2 is 1.85 bits per heavy atom. The summed E-state index contributed by atoms with van der Waals surface area (Å²) in [6.45, 7) is 1.18. The predicted octanol–water partition coefficient (Wildman–Crippen LogP) is 2.52. The van der Waals surface area contributed by atoms with E-state index in [0.717, 1.165) is 37.7 Å². The van der Waals surface area contributed by atoms with Crippen LogP contribution in [0.1, 0.15) is 37.7 Å². The monoisotopic (exact) mass is 300 g/mol. The van der Waals surface area contributed by atoms with E-state index in [9.17, 15) is 9.18 Å². The fraction of sp³-hybridized carbons (Fsp3) is 0.533. The smallest absolute Gasteiger partial charge is 0.230 e. The lowest BCUT2D eigenvalue weighted by Gasteiger charge is -2.28. The average Bonchev–Trinajstić information content (AvgIpc) is 2.90. The van der Waals surface area contributed by atoms with Crippen LogP contribution in [0.25, 0.3) is 0 Å². The van der Waals surface area contributed by atoms with Crippen LogP contribution in [-0.2, 0) is 10.2 Å². The predicted molar refractivity (Wildman–Crippen MR) is 80.5 cm³/mol. The summed E-state index contributed by atoms with van der Waals surface area (Å²) >= 11 is 0. The van der Waals surface area contributed by atoms with Gasteiger partial charge in [0.15, 0.2) is 0 Å². The molecule has 1 aromatic rings. The van der Waals surface area contributed by atoms with Crippen LogP contribution in [-0.4, -0.2) is 19.0 Å². The molecule has 1 saturated carbocycles. The zero-order chi connectivity index (χ0) is 13.7. The molecule has 5 heteroatoms. The van der Waals surface area contributed by atoms with E-state index in [2.05, 4.69) is 5.32 Å². The maximum Gasteiger partial charge on any atom is 0.230 e. The van der Waals surface area contributed by atoms with Gasteiger partial charge in [-0.25, -0.2) is 4.39 Å². The third-order valence-corrected chi connectivity index (χ3v) is 3.96. The highest BCUT2D eigenvalue weighted by atomic mass is 35.5. The molecule has 3 nitrogen and oxygen atoms in total. The normalized spacial score (nSPS) is 16.5. The van der Waals surface area contributed by atoms with Crippen LogP contribution in [0.5, 0.6) is 0 Å². The highest BCUT2D eigenvalue weighted by molar-refractivity contribution is 5.88. The van der Waals surface area contributed by atoms with Gasteiger partial charge in [0, 0.05) is 6.54 Å². The fourth-order valence-electron chi connectivity index (χ4n) is 2.87. The molecule has 0 aromatic heterocycles. The average molecular weight is 301 g/mol. The van der Waals surface area contributed by atoms with Gasteiger partial charge in [0.1, 0.15) is 5.82 Å². The van der Waals surface area contributed by atoms with Gasteiger partial charge >= 0.3 is 0 Å². The van der Waals surface area contributed by atoms with E-state index in [0.29, 0.717) is 13.1 Å². The number of nitrogens with two attached hydrogens (primary N) is 1. The summed E-state index contributed by atoms with van der Waals surface area (Å²) in [7, 11) is 0. The van der Waals surface area contributed by atoms with Crippen molar-refractivity contribution in [3.8, 4) is 0 Å². The Balaban J connectivity index is 0.00000200.